The summed E-state index contributed by atoms with van der Waals surface area (Å²) in [7, 11) is 0. The van der Waals surface area contributed by atoms with Crippen molar-refractivity contribution >= 4 is 28.9 Å². The smallest absolute Gasteiger partial charge is 0.291 e. The van der Waals surface area contributed by atoms with Gasteiger partial charge in [-0.1, -0.05) is 35.9 Å². The molecule has 0 saturated carbocycles. The maximum absolute atomic E-state index is 12.2. The third-order valence-electron chi connectivity index (χ3n) is 3.15. The van der Waals surface area contributed by atoms with Crippen LogP contribution in [0.5, 0.6) is 0 Å². The second kappa shape index (κ2) is 5.95. The number of nitrogen functional groups attached to an aromatic ring is 1. The Labute approximate surface area is 132 Å². The van der Waals surface area contributed by atoms with E-state index < -0.39 is 0 Å². The van der Waals surface area contributed by atoms with Crippen LogP contribution in [0.2, 0.25) is 5.02 Å². The minimum Gasteiger partial charge on any atom is -0.451 e. The van der Waals surface area contributed by atoms with Crippen LogP contribution in [-0.2, 0) is 0 Å². The normalized spacial score (nSPS) is 10.4. The van der Waals surface area contributed by atoms with Gasteiger partial charge in [0.15, 0.2) is 5.76 Å². The van der Waals surface area contributed by atoms with Crippen molar-refractivity contribution in [3.8, 4) is 11.3 Å². The first kappa shape index (κ1) is 14.2. The van der Waals surface area contributed by atoms with Crippen molar-refractivity contribution < 1.29 is 9.21 Å². The minimum absolute atomic E-state index is 0.207. The highest BCUT2D eigenvalue weighted by molar-refractivity contribution is 6.30. The molecule has 1 heterocycles. The van der Waals surface area contributed by atoms with Crippen LogP contribution >= 0.6 is 11.6 Å². The molecule has 0 fully saturated rings. The Morgan fingerprint density at radius 1 is 1.05 bits per heavy atom. The number of para-hydroxylation sites is 2. The quantitative estimate of drug-likeness (QED) is 0.703. The molecule has 3 N–H and O–H groups in total. The van der Waals surface area contributed by atoms with Crippen LogP contribution in [0.25, 0.3) is 11.3 Å². The van der Waals surface area contributed by atoms with Gasteiger partial charge in [0.05, 0.1) is 11.4 Å². The number of hydrogen-bond acceptors (Lipinski definition) is 3. The molecule has 0 aliphatic carbocycles. The van der Waals surface area contributed by atoms with E-state index in [0.717, 1.165) is 5.56 Å². The van der Waals surface area contributed by atoms with Crippen molar-refractivity contribution in [2.24, 2.45) is 0 Å². The van der Waals surface area contributed by atoms with Gasteiger partial charge < -0.3 is 15.5 Å². The van der Waals surface area contributed by atoms with Gasteiger partial charge in [-0.25, -0.2) is 0 Å². The molecule has 0 unspecified atom stereocenters. The molecule has 3 aromatic rings. The number of halogens is 1. The van der Waals surface area contributed by atoms with Crippen molar-refractivity contribution in [1.82, 2.24) is 0 Å². The monoisotopic (exact) mass is 312 g/mol. The van der Waals surface area contributed by atoms with E-state index in [1.165, 1.54) is 0 Å². The standard InChI is InChI=1S/C17H13ClN2O2/c18-12-5-3-4-11(10-12)15-8-9-16(22-15)17(21)20-14-7-2-1-6-13(14)19/h1-10H,19H2,(H,20,21). The van der Waals surface area contributed by atoms with Crippen LogP contribution in [-0.4, -0.2) is 5.91 Å². The Morgan fingerprint density at radius 2 is 1.86 bits per heavy atom. The predicted molar refractivity (Wildman–Crippen MR) is 88.0 cm³/mol. The zero-order valence-corrected chi connectivity index (χ0v) is 12.3. The van der Waals surface area contributed by atoms with Crippen LogP contribution in [0, 0.1) is 0 Å². The van der Waals surface area contributed by atoms with E-state index in [2.05, 4.69) is 5.32 Å². The molecule has 4 nitrogen and oxygen atoms in total. The fraction of sp³-hybridized carbons (Fsp3) is 0. The minimum atomic E-state index is -0.355. The van der Waals surface area contributed by atoms with Crippen molar-refractivity contribution in [2.75, 3.05) is 11.1 Å². The zero-order valence-electron chi connectivity index (χ0n) is 11.5. The number of amides is 1. The van der Waals surface area contributed by atoms with Crippen LogP contribution in [0.4, 0.5) is 11.4 Å². The van der Waals surface area contributed by atoms with Crippen LogP contribution in [0.15, 0.2) is 65.1 Å². The molecule has 0 aliphatic heterocycles. The van der Waals surface area contributed by atoms with Crippen LogP contribution in [0.1, 0.15) is 10.6 Å². The number of benzene rings is 2. The number of hydrogen-bond donors (Lipinski definition) is 2. The van der Waals surface area contributed by atoms with Crippen LogP contribution < -0.4 is 11.1 Å². The van der Waals surface area contributed by atoms with Gasteiger partial charge in [-0.05, 0) is 36.4 Å². The third-order valence-corrected chi connectivity index (χ3v) is 3.38. The highest BCUT2D eigenvalue weighted by Crippen LogP contribution is 2.25. The number of carbonyl (C=O) groups is 1. The number of nitrogens with one attached hydrogen (secondary N) is 1. The molecule has 1 aromatic heterocycles. The van der Waals surface area contributed by atoms with Gasteiger partial charge in [-0.3, -0.25) is 4.79 Å². The summed E-state index contributed by atoms with van der Waals surface area (Å²) >= 11 is 5.95. The van der Waals surface area contributed by atoms with E-state index in [1.807, 2.05) is 12.1 Å². The van der Waals surface area contributed by atoms with Gasteiger partial charge >= 0.3 is 0 Å². The van der Waals surface area contributed by atoms with Gasteiger partial charge in [-0.15, -0.1) is 0 Å². The van der Waals surface area contributed by atoms with Crippen molar-refractivity contribution in [1.29, 1.82) is 0 Å². The summed E-state index contributed by atoms with van der Waals surface area (Å²) in [6, 6.07) is 17.6. The summed E-state index contributed by atoms with van der Waals surface area (Å²) in [6.45, 7) is 0. The van der Waals surface area contributed by atoms with E-state index in [1.54, 1.807) is 48.5 Å². The Kier molecular flexibility index (Phi) is 3.85. The first-order valence-corrected chi connectivity index (χ1v) is 7.03. The summed E-state index contributed by atoms with van der Waals surface area (Å²) in [5.74, 6) is 0.429. The van der Waals surface area contributed by atoms with Gasteiger partial charge in [0.1, 0.15) is 5.76 Å². The molecule has 1 amide bonds. The molecular formula is C17H13ClN2O2. The van der Waals surface area contributed by atoms with Gasteiger partial charge in [0.2, 0.25) is 0 Å². The average Bonchev–Trinajstić information content (AvgIpc) is 2.99. The largest absolute Gasteiger partial charge is 0.451 e. The summed E-state index contributed by atoms with van der Waals surface area (Å²) < 4.78 is 5.59. The lowest BCUT2D eigenvalue weighted by Crippen LogP contribution is -2.12. The Hall–Kier alpha value is -2.72. The number of carbonyl (C=O) groups excluding carboxylic acids is 1. The maximum Gasteiger partial charge on any atom is 0.291 e. The fourth-order valence-corrected chi connectivity index (χ4v) is 2.24. The number of rotatable bonds is 3. The van der Waals surface area contributed by atoms with Crippen molar-refractivity contribution in [3.63, 3.8) is 0 Å². The first-order valence-electron chi connectivity index (χ1n) is 6.65. The molecule has 0 saturated heterocycles. The summed E-state index contributed by atoms with van der Waals surface area (Å²) in [5.41, 5.74) is 7.66. The molecule has 2 aromatic carbocycles. The average molecular weight is 313 g/mol. The Morgan fingerprint density at radius 3 is 2.64 bits per heavy atom. The third kappa shape index (κ3) is 2.97. The van der Waals surface area contributed by atoms with E-state index in [4.69, 9.17) is 21.8 Å². The number of nitrogens with two attached hydrogens (primary N) is 1. The molecule has 0 radical (unpaired) electrons. The Balaban J connectivity index is 1.82. The van der Waals surface area contributed by atoms with Crippen molar-refractivity contribution in [2.45, 2.75) is 0 Å². The van der Waals surface area contributed by atoms with E-state index in [0.29, 0.717) is 22.2 Å². The highest BCUT2D eigenvalue weighted by atomic mass is 35.5. The summed E-state index contributed by atoms with van der Waals surface area (Å²) in [4.78, 5) is 12.2. The van der Waals surface area contributed by atoms with Gasteiger partial charge in [0, 0.05) is 10.6 Å². The fourth-order valence-electron chi connectivity index (χ4n) is 2.05. The summed E-state index contributed by atoms with van der Waals surface area (Å²) in [6.07, 6.45) is 0. The first-order chi connectivity index (χ1) is 10.6. The number of anilines is 2. The second-order valence-corrected chi connectivity index (χ2v) is 5.15. The second-order valence-electron chi connectivity index (χ2n) is 4.72. The van der Waals surface area contributed by atoms with Crippen molar-refractivity contribution in [3.05, 3.63) is 71.4 Å². The topological polar surface area (TPSA) is 68.3 Å². The van der Waals surface area contributed by atoms with Gasteiger partial charge in [0.25, 0.3) is 5.91 Å². The molecule has 5 heteroatoms. The molecule has 0 spiro atoms. The maximum atomic E-state index is 12.2. The molecule has 3 rings (SSSR count). The van der Waals surface area contributed by atoms with Gasteiger partial charge in [-0.2, -0.15) is 0 Å². The molecule has 110 valence electrons. The van der Waals surface area contributed by atoms with E-state index >= 15 is 0 Å². The lowest BCUT2D eigenvalue weighted by molar-refractivity contribution is 0.0997. The van der Waals surface area contributed by atoms with E-state index in [9.17, 15) is 4.79 Å². The number of furan rings is 1. The molecule has 0 aliphatic rings. The van der Waals surface area contributed by atoms with Crippen LogP contribution in [0.3, 0.4) is 0 Å². The SMILES string of the molecule is Nc1ccccc1NC(=O)c1ccc(-c2cccc(Cl)c2)o1. The highest BCUT2D eigenvalue weighted by Gasteiger charge is 2.13. The zero-order chi connectivity index (χ0) is 15.5. The molecule has 0 bridgehead atoms. The predicted octanol–water partition coefficient (Wildman–Crippen LogP) is 4.43. The molecular weight excluding hydrogens is 300 g/mol. The summed E-state index contributed by atoms with van der Waals surface area (Å²) in [5, 5.41) is 3.33. The lowest BCUT2D eigenvalue weighted by Gasteiger charge is -2.05. The molecule has 0 atom stereocenters. The Bertz CT molecular complexity index is 827. The lowest BCUT2D eigenvalue weighted by atomic mass is 10.2. The molecule has 22 heavy (non-hydrogen) atoms. The van der Waals surface area contributed by atoms with E-state index in [-0.39, 0.29) is 11.7 Å².